The van der Waals surface area contributed by atoms with Gasteiger partial charge in [0.15, 0.2) is 5.96 Å². The second kappa shape index (κ2) is 11.1. The lowest BCUT2D eigenvalue weighted by Crippen LogP contribution is -2.40. The van der Waals surface area contributed by atoms with Gasteiger partial charge in [0.25, 0.3) is 0 Å². The molecule has 0 saturated carbocycles. The summed E-state index contributed by atoms with van der Waals surface area (Å²) in [6.07, 6.45) is 0. The van der Waals surface area contributed by atoms with Gasteiger partial charge in [-0.1, -0.05) is 6.07 Å². The zero-order valence-corrected chi connectivity index (χ0v) is 16.9. The Labute approximate surface area is 165 Å². The predicted molar refractivity (Wildman–Crippen MR) is 108 cm³/mol. The summed E-state index contributed by atoms with van der Waals surface area (Å²) in [6, 6.07) is 12.5. The maximum absolute atomic E-state index is 13.7. The quantitative estimate of drug-likeness (QED) is 0.528. The van der Waals surface area contributed by atoms with E-state index in [-0.39, 0.29) is 12.4 Å². The van der Waals surface area contributed by atoms with Crippen LogP contribution in [0.3, 0.4) is 0 Å². The average Bonchev–Trinajstić information content (AvgIpc) is 2.71. The second-order valence-electron chi connectivity index (χ2n) is 6.21. The highest BCUT2D eigenvalue weighted by molar-refractivity contribution is 5.79. The molecule has 1 N–H and O–H groups in total. The van der Waals surface area contributed by atoms with Crippen molar-refractivity contribution < 1.29 is 18.6 Å². The number of guanidine groups is 1. The molecule has 0 aliphatic carbocycles. The fourth-order valence-corrected chi connectivity index (χ4v) is 2.65. The minimum atomic E-state index is -0.261. The standard InChI is InChI=1S/C21H28FN3O3/c1-23-21(24-14-16-5-10-20(22)17(13-16)15-26-3)25(2)11-12-28-19-8-6-18(27-4)7-9-19/h5-10,13H,11-12,14-15H2,1-4H3,(H,23,24). The third kappa shape index (κ3) is 6.42. The topological polar surface area (TPSA) is 55.3 Å². The summed E-state index contributed by atoms with van der Waals surface area (Å²) in [4.78, 5) is 6.26. The summed E-state index contributed by atoms with van der Waals surface area (Å²) in [5.74, 6) is 2.05. The van der Waals surface area contributed by atoms with Gasteiger partial charge in [0, 0.05) is 33.3 Å². The molecular weight excluding hydrogens is 361 g/mol. The summed E-state index contributed by atoms with van der Waals surface area (Å²) >= 11 is 0. The van der Waals surface area contributed by atoms with Crippen molar-refractivity contribution in [3.63, 3.8) is 0 Å². The van der Waals surface area contributed by atoms with Crippen LogP contribution in [0.15, 0.2) is 47.5 Å². The molecule has 0 amide bonds. The molecule has 0 radical (unpaired) electrons. The molecular formula is C21H28FN3O3. The number of methoxy groups -OCH3 is 2. The first kappa shape index (κ1) is 21.5. The van der Waals surface area contributed by atoms with E-state index in [1.807, 2.05) is 36.2 Å². The Bertz CT molecular complexity index is 766. The lowest BCUT2D eigenvalue weighted by molar-refractivity contribution is 0.181. The monoisotopic (exact) mass is 389 g/mol. The van der Waals surface area contributed by atoms with Crippen LogP contribution in [-0.4, -0.2) is 52.3 Å². The van der Waals surface area contributed by atoms with Gasteiger partial charge in [0.2, 0.25) is 0 Å². The molecule has 7 heteroatoms. The van der Waals surface area contributed by atoms with Crippen molar-refractivity contribution in [2.24, 2.45) is 4.99 Å². The van der Waals surface area contributed by atoms with Crippen LogP contribution in [0.4, 0.5) is 4.39 Å². The Balaban J connectivity index is 1.82. The van der Waals surface area contributed by atoms with Gasteiger partial charge in [-0.3, -0.25) is 4.99 Å². The first-order valence-corrected chi connectivity index (χ1v) is 9.02. The Hall–Kier alpha value is -2.80. The van der Waals surface area contributed by atoms with Crippen LogP contribution in [0.25, 0.3) is 0 Å². The van der Waals surface area contributed by atoms with Crippen molar-refractivity contribution >= 4 is 5.96 Å². The number of ether oxygens (including phenoxy) is 3. The van der Waals surface area contributed by atoms with Crippen LogP contribution in [0.5, 0.6) is 11.5 Å². The molecule has 0 aliphatic rings. The van der Waals surface area contributed by atoms with Gasteiger partial charge in [0.05, 0.1) is 20.3 Å². The number of aliphatic imine (C=N–C) groups is 1. The van der Waals surface area contributed by atoms with Gasteiger partial charge in [-0.25, -0.2) is 4.39 Å². The molecule has 0 heterocycles. The molecule has 2 rings (SSSR count). The number of halogens is 1. The number of nitrogens with zero attached hydrogens (tertiary/aromatic N) is 2. The third-order valence-corrected chi connectivity index (χ3v) is 4.19. The smallest absolute Gasteiger partial charge is 0.193 e. The fraction of sp³-hybridized carbons (Fsp3) is 0.381. The van der Waals surface area contributed by atoms with Gasteiger partial charge in [-0.05, 0) is 42.0 Å². The summed E-state index contributed by atoms with van der Waals surface area (Å²) in [5, 5.41) is 3.28. The Morgan fingerprint density at radius 2 is 1.82 bits per heavy atom. The molecule has 2 aromatic carbocycles. The highest BCUT2D eigenvalue weighted by atomic mass is 19.1. The van der Waals surface area contributed by atoms with E-state index < -0.39 is 0 Å². The lowest BCUT2D eigenvalue weighted by atomic mass is 10.1. The molecule has 0 fully saturated rings. The molecule has 152 valence electrons. The summed E-state index contributed by atoms with van der Waals surface area (Å²) < 4.78 is 29.6. The van der Waals surface area contributed by atoms with Crippen molar-refractivity contribution in [1.82, 2.24) is 10.2 Å². The third-order valence-electron chi connectivity index (χ3n) is 4.19. The minimum absolute atomic E-state index is 0.247. The van der Waals surface area contributed by atoms with E-state index >= 15 is 0 Å². The van der Waals surface area contributed by atoms with E-state index in [1.54, 1.807) is 33.4 Å². The zero-order chi connectivity index (χ0) is 20.4. The average molecular weight is 389 g/mol. The van der Waals surface area contributed by atoms with Gasteiger partial charge in [-0.15, -0.1) is 0 Å². The van der Waals surface area contributed by atoms with Crippen LogP contribution in [0.1, 0.15) is 11.1 Å². The van der Waals surface area contributed by atoms with Crippen LogP contribution >= 0.6 is 0 Å². The molecule has 0 spiro atoms. The van der Waals surface area contributed by atoms with Crippen LogP contribution in [0, 0.1) is 5.82 Å². The minimum Gasteiger partial charge on any atom is -0.497 e. The van der Waals surface area contributed by atoms with Crippen molar-refractivity contribution in [3.8, 4) is 11.5 Å². The maximum atomic E-state index is 13.7. The van der Waals surface area contributed by atoms with Gasteiger partial charge in [-0.2, -0.15) is 0 Å². The van der Waals surface area contributed by atoms with Crippen LogP contribution in [-0.2, 0) is 17.9 Å². The highest BCUT2D eigenvalue weighted by Crippen LogP contribution is 2.17. The Morgan fingerprint density at radius 1 is 1.11 bits per heavy atom. The summed E-state index contributed by atoms with van der Waals surface area (Å²) in [5.41, 5.74) is 1.50. The number of benzene rings is 2. The zero-order valence-electron chi connectivity index (χ0n) is 16.9. The van der Waals surface area contributed by atoms with Crippen molar-refractivity contribution in [3.05, 3.63) is 59.4 Å². The molecule has 0 aromatic heterocycles. The lowest BCUT2D eigenvalue weighted by Gasteiger charge is -2.22. The predicted octanol–water partition coefficient (Wildman–Crippen LogP) is 3.07. The number of likely N-dealkylation sites (N-methyl/N-ethyl adjacent to an activating group) is 1. The Morgan fingerprint density at radius 3 is 2.46 bits per heavy atom. The van der Waals surface area contributed by atoms with E-state index in [1.165, 1.54) is 6.07 Å². The number of hydrogen-bond donors (Lipinski definition) is 1. The molecule has 0 bridgehead atoms. The number of nitrogens with one attached hydrogen (secondary N) is 1. The first-order valence-electron chi connectivity index (χ1n) is 9.02. The summed E-state index contributed by atoms with van der Waals surface area (Å²) in [6.45, 7) is 1.95. The van der Waals surface area contributed by atoms with Crippen molar-refractivity contribution in [1.29, 1.82) is 0 Å². The van der Waals surface area contributed by atoms with E-state index in [4.69, 9.17) is 14.2 Å². The van der Waals surface area contributed by atoms with E-state index in [2.05, 4.69) is 10.3 Å². The van der Waals surface area contributed by atoms with Gasteiger partial charge >= 0.3 is 0 Å². The second-order valence-corrected chi connectivity index (χ2v) is 6.21. The van der Waals surface area contributed by atoms with Gasteiger partial charge in [0.1, 0.15) is 23.9 Å². The van der Waals surface area contributed by atoms with E-state index in [0.29, 0.717) is 25.3 Å². The normalized spacial score (nSPS) is 11.2. The van der Waals surface area contributed by atoms with Crippen molar-refractivity contribution in [2.75, 3.05) is 41.5 Å². The van der Waals surface area contributed by atoms with E-state index in [0.717, 1.165) is 23.0 Å². The number of hydrogen-bond acceptors (Lipinski definition) is 4. The molecule has 0 aliphatic heterocycles. The molecule has 2 aromatic rings. The Kier molecular flexibility index (Phi) is 8.55. The summed E-state index contributed by atoms with van der Waals surface area (Å²) in [7, 11) is 6.85. The van der Waals surface area contributed by atoms with E-state index in [9.17, 15) is 4.39 Å². The molecule has 0 saturated heterocycles. The van der Waals surface area contributed by atoms with Crippen molar-refractivity contribution in [2.45, 2.75) is 13.2 Å². The fourth-order valence-electron chi connectivity index (χ4n) is 2.65. The van der Waals surface area contributed by atoms with Crippen LogP contribution < -0.4 is 14.8 Å². The molecule has 6 nitrogen and oxygen atoms in total. The molecule has 0 unspecified atom stereocenters. The van der Waals surface area contributed by atoms with Crippen LogP contribution in [0.2, 0.25) is 0 Å². The molecule has 0 atom stereocenters. The first-order chi connectivity index (χ1) is 13.6. The largest absolute Gasteiger partial charge is 0.497 e. The van der Waals surface area contributed by atoms with Gasteiger partial charge < -0.3 is 24.4 Å². The number of rotatable bonds is 9. The highest BCUT2D eigenvalue weighted by Gasteiger charge is 2.08. The maximum Gasteiger partial charge on any atom is 0.193 e. The molecule has 28 heavy (non-hydrogen) atoms. The SMILES string of the molecule is CN=C(NCc1ccc(F)c(COC)c1)N(C)CCOc1ccc(OC)cc1.